The topological polar surface area (TPSA) is 82.6 Å². The highest BCUT2D eigenvalue weighted by molar-refractivity contribution is 7.71. The number of amides is 1. The molecule has 0 aliphatic heterocycles. The monoisotopic (exact) mass is 498 g/mol. The lowest BCUT2D eigenvalue weighted by Gasteiger charge is -2.17. The minimum absolute atomic E-state index is 0.0912. The molecule has 0 saturated carbocycles. The fourth-order valence-electron chi connectivity index (χ4n) is 3.77. The van der Waals surface area contributed by atoms with Crippen LogP contribution in [0.15, 0.2) is 47.8 Å². The maximum atomic E-state index is 13.4. The average Bonchev–Trinajstić information content (AvgIpc) is 3.58. The van der Waals surface area contributed by atoms with Crippen molar-refractivity contribution in [3.63, 3.8) is 0 Å². The van der Waals surface area contributed by atoms with Crippen LogP contribution in [-0.2, 0) is 17.8 Å². The number of unbranched alkanes of at least 4 members (excludes halogenated alkanes) is 2. The number of halogens is 1. The molecule has 0 radical (unpaired) electrons. The first-order chi connectivity index (χ1) is 16.5. The maximum Gasteiger partial charge on any atom is 0.224 e. The van der Waals surface area contributed by atoms with E-state index in [2.05, 4.69) is 20.4 Å². The number of carbonyl (C=O) groups is 1. The summed E-state index contributed by atoms with van der Waals surface area (Å²) < 4.78 is 15.8. The van der Waals surface area contributed by atoms with Crippen LogP contribution in [0.1, 0.15) is 31.4 Å². The molecule has 0 unspecified atom stereocenters. The number of hydrogen-bond acceptors (Lipinski definition) is 5. The van der Waals surface area contributed by atoms with Crippen LogP contribution in [-0.4, -0.2) is 49.4 Å². The van der Waals surface area contributed by atoms with Gasteiger partial charge in [-0.2, -0.15) is 10.2 Å². The molecule has 178 valence electrons. The van der Waals surface area contributed by atoms with Gasteiger partial charge in [0.1, 0.15) is 5.82 Å². The summed E-state index contributed by atoms with van der Waals surface area (Å²) in [7, 11) is 1.84. The molecular formula is C24H27FN6OS2. The van der Waals surface area contributed by atoms with E-state index in [4.69, 9.17) is 12.2 Å². The van der Waals surface area contributed by atoms with Crippen LogP contribution < -0.4 is 0 Å². The van der Waals surface area contributed by atoms with Gasteiger partial charge in [-0.05, 0) is 61.1 Å². The van der Waals surface area contributed by atoms with Crippen molar-refractivity contribution in [2.24, 2.45) is 0 Å². The first-order valence-electron chi connectivity index (χ1n) is 11.2. The number of H-pyrrole nitrogens is 2. The van der Waals surface area contributed by atoms with Crippen molar-refractivity contribution in [2.45, 2.75) is 38.6 Å². The molecule has 3 heterocycles. The van der Waals surface area contributed by atoms with Gasteiger partial charge in [0.2, 0.25) is 5.91 Å². The number of nitrogens with one attached hydrogen (secondary N) is 2. The van der Waals surface area contributed by atoms with E-state index in [-0.39, 0.29) is 11.7 Å². The summed E-state index contributed by atoms with van der Waals surface area (Å²) >= 11 is 6.93. The molecule has 3 aromatic heterocycles. The number of rotatable bonds is 11. The molecule has 0 saturated heterocycles. The molecule has 0 fully saturated rings. The second-order valence-corrected chi connectivity index (χ2v) is 9.48. The Bertz CT molecular complexity index is 1280. The predicted octanol–water partition coefficient (Wildman–Crippen LogP) is 5.46. The molecule has 0 aliphatic rings. The second kappa shape index (κ2) is 11.3. The summed E-state index contributed by atoms with van der Waals surface area (Å²) in [6, 6.07) is 12.4. The van der Waals surface area contributed by atoms with E-state index < -0.39 is 0 Å². The summed E-state index contributed by atoms with van der Waals surface area (Å²) in [4.78, 5) is 15.4. The van der Waals surface area contributed by atoms with Crippen molar-refractivity contribution < 1.29 is 9.18 Å². The van der Waals surface area contributed by atoms with Crippen LogP contribution in [0.25, 0.3) is 22.0 Å². The van der Waals surface area contributed by atoms with Crippen LogP contribution in [0.5, 0.6) is 0 Å². The van der Waals surface area contributed by atoms with E-state index in [0.717, 1.165) is 53.3 Å². The number of nitrogens with zero attached hydrogens (tertiary/aromatic N) is 4. The molecule has 34 heavy (non-hydrogen) atoms. The fourth-order valence-corrected chi connectivity index (χ4v) is 4.71. The van der Waals surface area contributed by atoms with Crippen molar-refractivity contribution in [1.82, 2.24) is 29.9 Å². The SMILES string of the molecule is CN(CCCCCc1cc(-c2cccc(F)c2)n[nH]1)C(=O)CCn1c(-c2cccs2)n[nH]c1=S. The van der Waals surface area contributed by atoms with Gasteiger partial charge >= 0.3 is 0 Å². The molecular weight excluding hydrogens is 471 g/mol. The molecule has 2 N–H and O–H groups in total. The Hall–Kier alpha value is -3.11. The third kappa shape index (κ3) is 6.06. The lowest BCUT2D eigenvalue weighted by atomic mass is 10.1. The van der Waals surface area contributed by atoms with Crippen molar-refractivity contribution in [3.05, 3.63) is 64.1 Å². The number of hydrogen-bond donors (Lipinski definition) is 2. The van der Waals surface area contributed by atoms with E-state index in [1.54, 1.807) is 22.3 Å². The Morgan fingerprint density at radius 3 is 2.82 bits per heavy atom. The maximum absolute atomic E-state index is 13.4. The predicted molar refractivity (Wildman–Crippen MR) is 135 cm³/mol. The van der Waals surface area contributed by atoms with Gasteiger partial charge in [0.25, 0.3) is 0 Å². The number of benzene rings is 1. The minimum atomic E-state index is -0.267. The standard InChI is InChI=1S/C24H27FN6OS2/c1-30(22(32)11-13-31-23(28-29-24(31)33)21-10-6-14-34-21)12-4-2-3-9-19-16-20(27-26-19)17-7-5-8-18(25)15-17/h5-8,10,14-16H,2-4,9,11-13H2,1H3,(H,26,27)(H,29,33). The summed E-state index contributed by atoms with van der Waals surface area (Å²) in [5, 5.41) is 16.4. The molecule has 0 spiro atoms. The van der Waals surface area contributed by atoms with Gasteiger partial charge in [-0.25, -0.2) is 4.39 Å². The van der Waals surface area contributed by atoms with Crippen LogP contribution in [0, 0.1) is 10.6 Å². The summed E-state index contributed by atoms with van der Waals surface area (Å²) in [5.74, 6) is 0.597. The molecule has 0 atom stereocenters. The van der Waals surface area contributed by atoms with E-state index >= 15 is 0 Å². The quantitative estimate of drug-likeness (QED) is 0.212. The number of aromatic amines is 2. The van der Waals surface area contributed by atoms with E-state index in [0.29, 0.717) is 24.3 Å². The second-order valence-electron chi connectivity index (χ2n) is 8.15. The molecule has 0 bridgehead atoms. The number of aryl methyl sites for hydroxylation is 1. The molecule has 0 aliphatic carbocycles. The number of aromatic nitrogens is 5. The van der Waals surface area contributed by atoms with Gasteiger partial charge < -0.3 is 4.90 Å². The lowest BCUT2D eigenvalue weighted by molar-refractivity contribution is -0.130. The van der Waals surface area contributed by atoms with E-state index in [9.17, 15) is 9.18 Å². The first kappa shape index (κ1) is 24.0. The molecule has 7 nitrogen and oxygen atoms in total. The third-order valence-corrected chi connectivity index (χ3v) is 6.84. The van der Waals surface area contributed by atoms with Gasteiger partial charge in [0.05, 0.1) is 10.6 Å². The van der Waals surface area contributed by atoms with Crippen molar-refractivity contribution in [2.75, 3.05) is 13.6 Å². The van der Waals surface area contributed by atoms with E-state index in [1.165, 1.54) is 12.1 Å². The van der Waals surface area contributed by atoms with Gasteiger partial charge in [-0.3, -0.25) is 19.6 Å². The highest BCUT2D eigenvalue weighted by atomic mass is 32.1. The third-order valence-electron chi connectivity index (χ3n) is 5.67. The van der Waals surface area contributed by atoms with Crippen molar-refractivity contribution in [3.8, 4) is 22.0 Å². The number of carbonyl (C=O) groups excluding carboxylic acids is 1. The van der Waals surface area contributed by atoms with Crippen LogP contribution in [0.4, 0.5) is 4.39 Å². The zero-order chi connectivity index (χ0) is 23.9. The Balaban J connectivity index is 1.17. The average molecular weight is 499 g/mol. The smallest absolute Gasteiger partial charge is 0.224 e. The van der Waals surface area contributed by atoms with Gasteiger partial charge in [-0.1, -0.05) is 24.6 Å². The largest absolute Gasteiger partial charge is 0.346 e. The normalized spacial score (nSPS) is 11.1. The molecule has 4 rings (SSSR count). The zero-order valence-electron chi connectivity index (χ0n) is 19.0. The molecule has 1 aromatic carbocycles. The zero-order valence-corrected chi connectivity index (χ0v) is 20.6. The first-order valence-corrected chi connectivity index (χ1v) is 12.5. The minimum Gasteiger partial charge on any atom is -0.346 e. The van der Waals surface area contributed by atoms with Gasteiger partial charge in [0.15, 0.2) is 10.6 Å². The Kier molecular flexibility index (Phi) is 8.02. The highest BCUT2D eigenvalue weighted by Gasteiger charge is 2.13. The summed E-state index contributed by atoms with van der Waals surface area (Å²) in [6.45, 7) is 1.21. The lowest BCUT2D eigenvalue weighted by Crippen LogP contribution is -2.28. The molecule has 1 amide bonds. The van der Waals surface area contributed by atoms with Crippen molar-refractivity contribution >= 4 is 29.5 Å². The Morgan fingerprint density at radius 2 is 2.03 bits per heavy atom. The van der Waals surface area contributed by atoms with Crippen LogP contribution >= 0.6 is 23.6 Å². The molecule has 4 aromatic rings. The van der Waals surface area contributed by atoms with E-state index in [1.807, 2.05) is 41.3 Å². The number of thiophene rings is 1. The van der Waals surface area contributed by atoms with Gasteiger partial charge in [-0.15, -0.1) is 11.3 Å². The Labute approximate surface area is 206 Å². The Morgan fingerprint density at radius 1 is 1.15 bits per heavy atom. The van der Waals surface area contributed by atoms with Gasteiger partial charge in [0, 0.05) is 37.8 Å². The summed E-state index contributed by atoms with van der Waals surface area (Å²) in [6.07, 6.45) is 4.16. The van der Waals surface area contributed by atoms with Crippen LogP contribution in [0.3, 0.4) is 0 Å². The van der Waals surface area contributed by atoms with Crippen molar-refractivity contribution in [1.29, 1.82) is 0 Å². The molecule has 10 heteroatoms. The summed E-state index contributed by atoms with van der Waals surface area (Å²) in [5.41, 5.74) is 2.55. The highest BCUT2D eigenvalue weighted by Crippen LogP contribution is 2.23. The fraction of sp³-hybridized carbons (Fsp3) is 0.333. The van der Waals surface area contributed by atoms with Crippen LogP contribution in [0.2, 0.25) is 0 Å².